The van der Waals surface area contributed by atoms with E-state index in [0.717, 1.165) is 38.6 Å². The maximum atomic E-state index is 6.47. The molecule has 168 valence electrons. The van der Waals surface area contributed by atoms with E-state index in [1.165, 1.54) is 44.1 Å². The summed E-state index contributed by atoms with van der Waals surface area (Å²) in [4.78, 5) is 9.35. The minimum atomic E-state index is 0.605. The van der Waals surface area contributed by atoms with Gasteiger partial charge in [-0.2, -0.15) is 0 Å². The fourth-order valence-electron chi connectivity index (χ4n) is 5.64. The van der Waals surface area contributed by atoms with Gasteiger partial charge in [0.2, 0.25) is 0 Å². The van der Waals surface area contributed by atoms with Crippen molar-refractivity contribution in [2.24, 2.45) is 0 Å². The first-order chi connectivity index (χ1) is 16.8. The number of nitrogens with zero attached hydrogens (tertiary/aromatic N) is 4. The van der Waals surface area contributed by atoms with Gasteiger partial charge in [0.05, 0.1) is 29.3 Å². The number of benzene rings is 3. The Balaban J connectivity index is 1.31. The highest BCUT2D eigenvalue weighted by Crippen LogP contribution is 2.44. The second-order valence-electron chi connectivity index (χ2n) is 9.43. The predicted octanol–water partition coefficient (Wildman–Crippen LogP) is 5.51. The largest absolute Gasteiger partial charge is 0.477 e. The van der Waals surface area contributed by atoms with E-state index in [1.54, 1.807) is 0 Å². The predicted molar refractivity (Wildman–Crippen MR) is 134 cm³/mol. The normalized spacial score (nSPS) is 16.0. The molecule has 34 heavy (non-hydrogen) atoms. The molecule has 0 saturated heterocycles. The summed E-state index contributed by atoms with van der Waals surface area (Å²) in [5, 5.41) is 2.49. The molecule has 2 aliphatic rings. The third-order valence-electron chi connectivity index (χ3n) is 7.06. The number of fused-ring (bicyclic) bond motifs is 5. The van der Waals surface area contributed by atoms with Gasteiger partial charge in [-0.3, -0.25) is 14.8 Å². The number of hydrogen-bond donors (Lipinski definition) is 0. The lowest BCUT2D eigenvalue weighted by Gasteiger charge is -2.33. The Bertz CT molecular complexity index is 1490. The molecule has 0 atom stereocenters. The van der Waals surface area contributed by atoms with Crippen LogP contribution in [0.2, 0.25) is 0 Å². The van der Waals surface area contributed by atoms with Gasteiger partial charge in [-0.15, -0.1) is 0 Å². The van der Waals surface area contributed by atoms with Gasteiger partial charge >= 0.3 is 0 Å². The first-order valence-electron chi connectivity index (χ1n) is 11.9. The Morgan fingerprint density at radius 2 is 1.50 bits per heavy atom. The highest BCUT2D eigenvalue weighted by Gasteiger charge is 2.29. The van der Waals surface area contributed by atoms with Crippen molar-refractivity contribution in [2.75, 3.05) is 6.73 Å². The molecule has 0 fully saturated rings. The second kappa shape index (κ2) is 7.97. The molecule has 5 aromatic rings. The monoisotopic (exact) mass is 446 g/mol. The van der Waals surface area contributed by atoms with E-state index >= 15 is 0 Å². The standard InChI is InChI=1S/C29H26N4O/c1-3-7-21(8-4-1)15-31-17-23-13-24-18-32(16-22-9-5-2-6-10-22)20-34-29(24)27-25-11-12-30-14-26(25)33(19-31)28(23)27/h1-14H,15-20H2. The molecule has 0 aliphatic carbocycles. The van der Waals surface area contributed by atoms with Crippen LogP contribution in [0.25, 0.3) is 21.8 Å². The fourth-order valence-corrected chi connectivity index (χ4v) is 5.64. The second-order valence-corrected chi connectivity index (χ2v) is 9.43. The van der Waals surface area contributed by atoms with Crippen LogP contribution < -0.4 is 4.74 Å². The quantitative estimate of drug-likeness (QED) is 0.364. The van der Waals surface area contributed by atoms with Gasteiger partial charge in [0.25, 0.3) is 0 Å². The van der Waals surface area contributed by atoms with Crippen molar-refractivity contribution >= 4 is 21.8 Å². The Morgan fingerprint density at radius 1 is 0.794 bits per heavy atom. The molecule has 0 N–H and O–H groups in total. The first-order valence-corrected chi connectivity index (χ1v) is 11.9. The molecule has 0 saturated carbocycles. The third-order valence-corrected chi connectivity index (χ3v) is 7.06. The third kappa shape index (κ3) is 3.28. The summed E-state index contributed by atoms with van der Waals surface area (Å²) in [5.74, 6) is 1.05. The summed E-state index contributed by atoms with van der Waals surface area (Å²) in [7, 11) is 0. The van der Waals surface area contributed by atoms with Crippen LogP contribution in [0, 0.1) is 0 Å². The zero-order valence-corrected chi connectivity index (χ0v) is 19.0. The highest BCUT2D eigenvalue weighted by molar-refractivity contribution is 6.12. The smallest absolute Gasteiger partial charge is 0.142 e. The zero-order chi connectivity index (χ0) is 22.5. The number of hydrogen-bond acceptors (Lipinski definition) is 4. The summed E-state index contributed by atoms with van der Waals surface area (Å²) in [5.41, 5.74) is 7.79. The average molecular weight is 447 g/mol. The highest BCUT2D eigenvalue weighted by atomic mass is 16.5. The van der Waals surface area contributed by atoms with Crippen molar-refractivity contribution in [3.8, 4) is 5.75 Å². The first kappa shape index (κ1) is 19.8. The number of rotatable bonds is 4. The summed E-state index contributed by atoms with van der Waals surface area (Å²) in [6, 6.07) is 25.9. The van der Waals surface area contributed by atoms with Crippen molar-refractivity contribution < 1.29 is 4.74 Å². The zero-order valence-electron chi connectivity index (χ0n) is 19.0. The van der Waals surface area contributed by atoms with Crippen LogP contribution in [0.15, 0.2) is 85.2 Å². The number of pyridine rings is 1. The molecule has 7 rings (SSSR count). The molecule has 0 radical (unpaired) electrons. The van der Waals surface area contributed by atoms with Crippen LogP contribution in [-0.4, -0.2) is 26.1 Å². The SMILES string of the molecule is c1ccc(CN2COc3c(cc4c5c3c3ccncc3n5CN(Cc3ccccc3)C4)C2)cc1. The van der Waals surface area contributed by atoms with E-state index < -0.39 is 0 Å². The van der Waals surface area contributed by atoms with E-state index in [2.05, 4.69) is 92.1 Å². The number of aromatic nitrogens is 2. The van der Waals surface area contributed by atoms with Gasteiger partial charge in [-0.05, 0) is 28.8 Å². The molecule has 5 heteroatoms. The van der Waals surface area contributed by atoms with Crippen LogP contribution in [0.3, 0.4) is 0 Å². The van der Waals surface area contributed by atoms with E-state index in [0.29, 0.717) is 6.73 Å². The van der Waals surface area contributed by atoms with E-state index in [-0.39, 0.29) is 0 Å². The lowest BCUT2D eigenvalue weighted by Crippen LogP contribution is -2.33. The Labute approximate surface area is 198 Å². The van der Waals surface area contributed by atoms with Gasteiger partial charge in [-0.25, -0.2) is 0 Å². The van der Waals surface area contributed by atoms with Gasteiger partial charge in [-0.1, -0.05) is 60.7 Å². The maximum Gasteiger partial charge on any atom is 0.142 e. The topological polar surface area (TPSA) is 33.5 Å². The molecule has 0 spiro atoms. The molecule has 0 amide bonds. The van der Waals surface area contributed by atoms with Crippen molar-refractivity contribution in [1.82, 2.24) is 19.4 Å². The average Bonchev–Trinajstić information content (AvgIpc) is 3.21. The molecular formula is C29H26N4O. The Kier molecular flexibility index (Phi) is 4.64. The minimum absolute atomic E-state index is 0.605. The summed E-state index contributed by atoms with van der Waals surface area (Å²) >= 11 is 0. The molecule has 2 aromatic heterocycles. The maximum absolute atomic E-state index is 6.47. The molecule has 2 aliphatic heterocycles. The summed E-state index contributed by atoms with van der Waals surface area (Å²) < 4.78 is 8.90. The fraction of sp³-hybridized carbons (Fsp3) is 0.207. The molecule has 5 nitrogen and oxygen atoms in total. The Morgan fingerprint density at radius 3 is 2.26 bits per heavy atom. The van der Waals surface area contributed by atoms with Gasteiger partial charge in [0.1, 0.15) is 12.5 Å². The molecule has 3 aromatic carbocycles. The number of ether oxygens (including phenoxy) is 1. The summed E-state index contributed by atoms with van der Waals surface area (Å²) in [6.45, 7) is 5.10. The van der Waals surface area contributed by atoms with Crippen molar-refractivity contribution in [1.29, 1.82) is 0 Å². The molecular weight excluding hydrogens is 420 g/mol. The van der Waals surface area contributed by atoms with Gasteiger partial charge < -0.3 is 9.30 Å². The van der Waals surface area contributed by atoms with Crippen LogP contribution in [-0.2, 0) is 32.8 Å². The summed E-state index contributed by atoms with van der Waals surface area (Å²) in [6.07, 6.45) is 3.90. The van der Waals surface area contributed by atoms with Gasteiger partial charge in [0.15, 0.2) is 0 Å². The lowest BCUT2D eigenvalue weighted by atomic mass is 10.0. The molecule has 0 bridgehead atoms. The molecule has 4 heterocycles. The van der Waals surface area contributed by atoms with Crippen LogP contribution >= 0.6 is 0 Å². The van der Waals surface area contributed by atoms with Crippen LogP contribution in [0.4, 0.5) is 0 Å². The lowest BCUT2D eigenvalue weighted by molar-refractivity contribution is 0.0901. The van der Waals surface area contributed by atoms with Crippen molar-refractivity contribution in [2.45, 2.75) is 32.8 Å². The van der Waals surface area contributed by atoms with Crippen LogP contribution in [0.1, 0.15) is 22.3 Å². The van der Waals surface area contributed by atoms with E-state index in [9.17, 15) is 0 Å². The van der Waals surface area contributed by atoms with Crippen molar-refractivity contribution in [3.05, 3.63) is 107 Å². The van der Waals surface area contributed by atoms with Crippen molar-refractivity contribution in [3.63, 3.8) is 0 Å². The minimum Gasteiger partial charge on any atom is -0.477 e. The molecule has 0 unspecified atom stereocenters. The van der Waals surface area contributed by atoms with E-state index in [1.807, 2.05) is 12.4 Å². The van der Waals surface area contributed by atoms with Gasteiger partial charge in [0, 0.05) is 43.3 Å². The Hall–Kier alpha value is -3.67. The van der Waals surface area contributed by atoms with E-state index in [4.69, 9.17) is 4.74 Å². The van der Waals surface area contributed by atoms with Crippen LogP contribution in [0.5, 0.6) is 5.75 Å².